The molecular formula is C12H14BrNO. The van der Waals surface area contributed by atoms with Crippen LogP contribution >= 0.6 is 15.9 Å². The lowest BCUT2D eigenvalue weighted by atomic mass is 9.79. The van der Waals surface area contributed by atoms with Crippen LogP contribution in [0.3, 0.4) is 0 Å². The average molecular weight is 268 g/mol. The van der Waals surface area contributed by atoms with Crippen molar-refractivity contribution in [1.82, 2.24) is 0 Å². The van der Waals surface area contributed by atoms with Gasteiger partial charge in [-0.3, -0.25) is 4.79 Å². The summed E-state index contributed by atoms with van der Waals surface area (Å²) in [5.74, 6) is 0.336. The van der Waals surface area contributed by atoms with Crippen molar-refractivity contribution in [3.05, 3.63) is 34.3 Å². The van der Waals surface area contributed by atoms with E-state index in [1.807, 2.05) is 12.1 Å². The fourth-order valence-electron chi connectivity index (χ4n) is 2.27. The highest BCUT2D eigenvalue weighted by Gasteiger charge is 2.38. The Kier molecular flexibility index (Phi) is 2.94. The van der Waals surface area contributed by atoms with Gasteiger partial charge in [-0.15, -0.1) is 0 Å². The predicted octanol–water partition coefficient (Wildman–Crippen LogP) is 2.40. The van der Waals surface area contributed by atoms with E-state index in [2.05, 4.69) is 28.1 Å². The highest BCUT2D eigenvalue weighted by molar-refractivity contribution is 9.10. The quantitative estimate of drug-likeness (QED) is 0.895. The van der Waals surface area contributed by atoms with E-state index >= 15 is 0 Å². The molecule has 80 valence electrons. The highest BCUT2D eigenvalue weighted by Crippen LogP contribution is 2.38. The second kappa shape index (κ2) is 4.06. The maximum Gasteiger partial charge on any atom is 0.133 e. The Morgan fingerprint density at radius 1 is 1.33 bits per heavy atom. The van der Waals surface area contributed by atoms with E-state index < -0.39 is 0 Å². The molecule has 1 atom stereocenters. The summed E-state index contributed by atoms with van der Waals surface area (Å²) in [5.41, 5.74) is 6.93. The molecular weight excluding hydrogens is 254 g/mol. The zero-order valence-corrected chi connectivity index (χ0v) is 10.1. The molecule has 3 heteroatoms. The average Bonchev–Trinajstić information content (AvgIpc) is 2.62. The second-order valence-electron chi connectivity index (χ2n) is 4.21. The van der Waals surface area contributed by atoms with Crippen LogP contribution in [0.2, 0.25) is 0 Å². The van der Waals surface area contributed by atoms with E-state index in [-0.39, 0.29) is 5.41 Å². The van der Waals surface area contributed by atoms with Gasteiger partial charge in [-0.2, -0.15) is 0 Å². The van der Waals surface area contributed by atoms with Crippen molar-refractivity contribution < 1.29 is 4.79 Å². The van der Waals surface area contributed by atoms with E-state index in [0.29, 0.717) is 25.2 Å². The smallest absolute Gasteiger partial charge is 0.133 e. The van der Waals surface area contributed by atoms with Gasteiger partial charge in [0.2, 0.25) is 0 Å². The highest BCUT2D eigenvalue weighted by atomic mass is 79.9. The lowest BCUT2D eigenvalue weighted by Crippen LogP contribution is -2.32. The van der Waals surface area contributed by atoms with Crippen molar-refractivity contribution in [3.8, 4) is 0 Å². The van der Waals surface area contributed by atoms with Crippen LogP contribution in [0.4, 0.5) is 0 Å². The van der Waals surface area contributed by atoms with E-state index in [4.69, 9.17) is 5.73 Å². The largest absolute Gasteiger partial charge is 0.330 e. The molecule has 0 aliphatic heterocycles. The van der Waals surface area contributed by atoms with Crippen LogP contribution in [0.15, 0.2) is 28.7 Å². The van der Waals surface area contributed by atoms with E-state index in [1.54, 1.807) is 0 Å². The molecule has 0 amide bonds. The molecule has 0 radical (unpaired) electrons. The van der Waals surface area contributed by atoms with E-state index in [0.717, 1.165) is 10.9 Å². The Morgan fingerprint density at radius 2 is 2.00 bits per heavy atom. The third-order valence-electron chi connectivity index (χ3n) is 3.27. The van der Waals surface area contributed by atoms with Gasteiger partial charge in [0, 0.05) is 29.3 Å². The minimum absolute atomic E-state index is 0.0994. The number of carbonyl (C=O) groups excluding carboxylic acids is 1. The number of hydrogen-bond acceptors (Lipinski definition) is 2. The second-order valence-corrected chi connectivity index (χ2v) is 5.12. The first kappa shape index (κ1) is 10.8. The van der Waals surface area contributed by atoms with Crippen molar-refractivity contribution in [2.24, 2.45) is 5.73 Å². The van der Waals surface area contributed by atoms with Crippen LogP contribution in [0.5, 0.6) is 0 Å². The number of nitrogens with two attached hydrogens (primary N) is 1. The van der Waals surface area contributed by atoms with Gasteiger partial charge in [0.25, 0.3) is 0 Å². The molecule has 2 nitrogen and oxygen atoms in total. The number of halogens is 1. The maximum atomic E-state index is 11.4. The molecule has 15 heavy (non-hydrogen) atoms. The summed E-state index contributed by atoms with van der Waals surface area (Å²) in [6.07, 6.45) is 2.17. The molecule has 1 aliphatic rings. The molecule has 0 spiro atoms. The lowest BCUT2D eigenvalue weighted by Gasteiger charge is -2.26. The fraction of sp³-hybridized carbons (Fsp3) is 0.417. The molecule has 1 aromatic carbocycles. The zero-order chi connectivity index (χ0) is 10.9. The topological polar surface area (TPSA) is 43.1 Å². The van der Waals surface area contributed by atoms with Crippen molar-refractivity contribution in [3.63, 3.8) is 0 Å². The van der Waals surface area contributed by atoms with Crippen molar-refractivity contribution in [2.75, 3.05) is 6.54 Å². The van der Waals surface area contributed by atoms with Crippen LogP contribution < -0.4 is 5.73 Å². The number of rotatable bonds is 2. The van der Waals surface area contributed by atoms with Gasteiger partial charge >= 0.3 is 0 Å². The van der Waals surface area contributed by atoms with Crippen molar-refractivity contribution >= 4 is 21.7 Å². The normalized spacial score (nSPS) is 25.9. The summed E-state index contributed by atoms with van der Waals surface area (Å²) in [6.45, 7) is 0.556. The minimum atomic E-state index is -0.0994. The van der Waals surface area contributed by atoms with Gasteiger partial charge in [-0.25, -0.2) is 0 Å². The number of carbonyl (C=O) groups is 1. The molecule has 0 bridgehead atoms. The molecule has 0 saturated heterocycles. The fourth-order valence-corrected chi connectivity index (χ4v) is 2.54. The minimum Gasteiger partial charge on any atom is -0.330 e. The number of benzene rings is 1. The number of hydrogen-bond donors (Lipinski definition) is 1. The molecule has 1 aliphatic carbocycles. The summed E-state index contributed by atoms with van der Waals surface area (Å²) in [6, 6.07) is 8.15. The SMILES string of the molecule is NCC1(c2ccc(Br)cc2)CCC(=O)C1. The lowest BCUT2D eigenvalue weighted by molar-refractivity contribution is -0.117. The summed E-state index contributed by atoms with van der Waals surface area (Å²) < 4.78 is 1.06. The predicted molar refractivity (Wildman–Crippen MR) is 63.7 cm³/mol. The third-order valence-corrected chi connectivity index (χ3v) is 3.79. The summed E-state index contributed by atoms with van der Waals surface area (Å²) in [7, 11) is 0. The first-order valence-electron chi connectivity index (χ1n) is 5.14. The standard InChI is InChI=1S/C12H14BrNO/c13-10-3-1-9(2-4-10)12(8-14)6-5-11(15)7-12/h1-4H,5-8,14H2. The summed E-state index contributed by atoms with van der Waals surface area (Å²) >= 11 is 3.41. The number of Topliss-reactive ketones (excluding diaryl/α,β-unsaturated/α-hetero) is 1. The van der Waals surface area contributed by atoms with Gasteiger partial charge in [0.15, 0.2) is 0 Å². The van der Waals surface area contributed by atoms with Crippen molar-refractivity contribution in [2.45, 2.75) is 24.7 Å². The van der Waals surface area contributed by atoms with Gasteiger partial charge in [0.1, 0.15) is 5.78 Å². The van der Waals surface area contributed by atoms with Crippen LogP contribution in [-0.2, 0) is 10.2 Å². The summed E-state index contributed by atoms with van der Waals surface area (Å²) in [4.78, 5) is 11.4. The maximum absolute atomic E-state index is 11.4. The molecule has 2 N–H and O–H groups in total. The molecule has 0 heterocycles. The van der Waals surface area contributed by atoms with Gasteiger partial charge in [0.05, 0.1) is 0 Å². The Balaban J connectivity index is 2.34. The first-order valence-corrected chi connectivity index (χ1v) is 5.93. The monoisotopic (exact) mass is 267 g/mol. The summed E-state index contributed by atoms with van der Waals surface area (Å²) in [5, 5.41) is 0. The zero-order valence-electron chi connectivity index (χ0n) is 8.50. The van der Waals surface area contributed by atoms with Gasteiger partial charge < -0.3 is 5.73 Å². The Morgan fingerprint density at radius 3 is 2.47 bits per heavy atom. The Hall–Kier alpha value is -0.670. The molecule has 1 unspecified atom stereocenters. The Bertz CT molecular complexity index is 374. The number of ketones is 1. The van der Waals surface area contributed by atoms with Crippen LogP contribution in [0, 0.1) is 0 Å². The van der Waals surface area contributed by atoms with Crippen LogP contribution in [-0.4, -0.2) is 12.3 Å². The molecule has 1 saturated carbocycles. The van der Waals surface area contributed by atoms with Gasteiger partial charge in [-0.1, -0.05) is 28.1 Å². The molecule has 1 aromatic rings. The Labute approximate surface area is 98.0 Å². The van der Waals surface area contributed by atoms with Crippen LogP contribution in [0.25, 0.3) is 0 Å². The molecule has 0 aromatic heterocycles. The van der Waals surface area contributed by atoms with Crippen LogP contribution in [0.1, 0.15) is 24.8 Å². The van der Waals surface area contributed by atoms with Crippen molar-refractivity contribution in [1.29, 1.82) is 0 Å². The first-order chi connectivity index (χ1) is 7.16. The van der Waals surface area contributed by atoms with E-state index in [9.17, 15) is 4.79 Å². The third kappa shape index (κ3) is 1.99. The molecule has 1 fully saturated rings. The molecule has 2 rings (SSSR count). The van der Waals surface area contributed by atoms with Gasteiger partial charge in [-0.05, 0) is 24.1 Å². The van der Waals surface area contributed by atoms with E-state index in [1.165, 1.54) is 5.56 Å².